The Morgan fingerprint density at radius 1 is 1.18 bits per heavy atom. The molecule has 7 N–H and O–H groups in total. The number of fused-ring (bicyclic) bond motifs is 1. The molecule has 7 atom stereocenters. The molecule has 1 saturated heterocycles. The molecule has 1 fully saturated rings. The van der Waals surface area contributed by atoms with E-state index in [9.17, 15) is 43.4 Å². The summed E-state index contributed by atoms with van der Waals surface area (Å²) in [4.78, 5) is 61.1. The van der Waals surface area contributed by atoms with E-state index in [2.05, 4.69) is 28.1 Å². The number of nitrogens with one attached hydrogen (secondary N) is 1. The number of rotatable bonds is 8. The van der Waals surface area contributed by atoms with Crippen LogP contribution in [0.4, 0.5) is 5.95 Å². The Morgan fingerprint density at radius 3 is 2.38 bits per heavy atom. The average Bonchev–Trinajstić information content (AvgIpc) is 3.12. The molecule has 0 bridgehead atoms. The number of anilines is 1. The fourth-order valence-corrected chi connectivity index (χ4v) is 5.62. The van der Waals surface area contributed by atoms with Crippen molar-refractivity contribution in [2.75, 3.05) is 12.3 Å². The van der Waals surface area contributed by atoms with Crippen molar-refractivity contribution in [1.82, 2.24) is 19.5 Å². The van der Waals surface area contributed by atoms with E-state index in [4.69, 9.17) is 15.4 Å². The zero-order valence-corrected chi connectivity index (χ0v) is 23.9. The van der Waals surface area contributed by atoms with Gasteiger partial charge in [-0.3, -0.25) is 28.0 Å². The molecule has 1 aliphatic heterocycles. The molecular weight excluding hydrogens is 553 g/mol. The summed E-state index contributed by atoms with van der Waals surface area (Å²) >= 11 is 0. The molecule has 0 amide bonds. The number of H-pyrrole nitrogens is 1. The van der Waals surface area contributed by atoms with Gasteiger partial charge in [0, 0.05) is 0 Å². The summed E-state index contributed by atoms with van der Waals surface area (Å²) in [6.07, 6.45) is -5.45. The number of imidazole rings is 1. The summed E-state index contributed by atoms with van der Waals surface area (Å²) in [5.41, 5.74) is 4.45. The molecule has 3 rings (SSSR count). The van der Waals surface area contributed by atoms with Gasteiger partial charge in [-0.05, 0) is 0 Å². The van der Waals surface area contributed by atoms with Gasteiger partial charge in [0.1, 0.15) is 18.3 Å². The first kappa shape index (κ1) is 32.5. The van der Waals surface area contributed by atoms with Crippen LogP contribution >= 0.6 is 23.5 Å². The molecule has 1 aliphatic rings. The molecule has 180 valence electrons. The number of aromatic nitrogens is 4. The number of ether oxygens (including phenoxy) is 1. The SMILES string of the molecule is Nc1nc2c(ncn2[C@@H]2O[C@H](COP(=O)(O)OP(=O)([O-])OP(=O)([O-])O)[C@H](O)[C@@H]2O)c(=O)[nH]1.[Na+].[Na+]. The van der Waals surface area contributed by atoms with E-state index in [0.29, 0.717) is 0 Å². The van der Waals surface area contributed by atoms with Crippen LogP contribution in [0.15, 0.2) is 11.1 Å². The number of aliphatic hydroxyl groups is 2. The molecule has 0 aromatic carbocycles. The number of hydrogen-bond acceptors (Lipinski definition) is 15. The third-order valence-corrected chi connectivity index (χ3v) is 7.60. The Labute approximate surface area is 232 Å². The Kier molecular flexibility index (Phi) is 11.3. The van der Waals surface area contributed by atoms with Crippen LogP contribution in [-0.4, -0.2) is 64.4 Å². The van der Waals surface area contributed by atoms with E-state index < -0.39 is 60.2 Å². The number of nitrogen functional groups attached to an aromatic ring is 1. The summed E-state index contributed by atoms with van der Waals surface area (Å²) < 4.78 is 50.8. The topological polar surface area (TPSA) is 305 Å². The minimum atomic E-state index is -6.04. The Bertz CT molecular complexity index is 1220. The third-order valence-electron chi connectivity index (χ3n) is 3.87. The number of nitrogens with two attached hydrogens (primary N) is 1. The van der Waals surface area contributed by atoms with Gasteiger partial charge in [0.15, 0.2) is 17.4 Å². The number of phosphoric ester groups is 1. The van der Waals surface area contributed by atoms with Gasteiger partial charge in [-0.15, -0.1) is 0 Å². The maximum atomic E-state index is 11.8. The van der Waals surface area contributed by atoms with Gasteiger partial charge in [-0.1, -0.05) is 0 Å². The second-order valence-corrected chi connectivity index (χ2v) is 10.5. The first-order valence-electron chi connectivity index (χ1n) is 8.07. The van der Waals surface area contributed by atoms with Gasteiger partial charge in [0.2, 0.25) is 5.95 Å². The minimum Gasteiger partial charge on any atom is -0.756 e. The quantitative estimate of drug-likeness (QED) is 0.127. The Morgan fingerprint density at radius 2 is 1.79 bits per heavy atom. The Balaban J connectivity index is 0.00000289. The van der Waals surface area contributed by atoms with Crippen LogP contribution < -0.4 is 80.2 Å². The van der Waals surface area contributed by atoms with E-state index in [0.717, 1.165) is 10.9 Å². The monoisotopic (exact) mass is 567 g/mol. The fraction of sp³-hybridized carbons (Fsp3) is 0.500. The van der Waals surface area contributed by atoms with Crippen LogP contribution in [0.25, 0.3) is 11.2 Å². The molecule has 24 heteroatoms. The van der Waals surface area contributed by atoms with Crippen molar-refractivity contribution >= 4 is 40.6 Å². The fourth-order valence-electron chi connectivity index (χ4n) is 2.68. The average molecular weight is 567 g/mol. The van der Waals surface area contributed by atoms with E-state index in [-0.39, 0.29) is 76.2 Å². The van der Waals surface area contributed by atoms with Crippen molar-refractivity contribution in [1.29, 1.82) is 0 Å². The van der Waals surface area contributed by atoms with Gasteiger partial charge < -0.3 is 40.3 Å². The van der Waals surface area contributed by atoms with E-state index in [1.807, 2.05) is 0 Å². The standard InChI is InChI=1S/C10H16N5O14P3.2Na/c11-10-13-7-4(8(18)14-10)12-2-15(7)9-6(17)5(16)3(27-9)1-26-31(22,23)29-32(24,25)28-30(19,20)21;;/h2-3,5-6,9,16-17H,1H2,(H,22,23)(H,24,25)(H2,19,20,21)(H3,11,13,14,18);;/q;2*+1/p-2/t3-,5+,6+,9-;;/m1../s1. The molecule has 2 aromatic rings. The summed E-state index contributed by atoms with van der Waals surface area (Å²) in [6.45, 7) is -1.06. The van der Waals surface area contributed by atoms with Gasteiger partial charge in [-0.2, -0.15) is 4.98 Å². The number of nitrogens with zero attached hydrogens (tertiary/aromatic N) is 3. The second kappa shape index (κ2) is 11.9. The number of hydrogen-bond donors (Lipinski definition) is 6. The van der Waals surface area contributed by atoms with Crippen LogP contribution in [0.2, 0.25) is 0 Å². The van der Waals surface area contributed by atoms with Crippen molar-refractivity contribution in [3.63, 3.8) is 0 Å². The largest absolute Gasteiger partial charge is 1.00 e. The maximum absolute atomic E-state index is 11.8. The Hall–Kier alpha value is 0.440. The molecule has 3 heterocycles. The molecule has 0 spiro atoms. The minimum absolute atomic E-state index is 0. The van der Waals surface area contributed by atoms with Gasteiger partial charge in [-0.25, -0.2) is 18.2 Å². The molecule has 19 nitrogen and oxygen atoms in total. The second-order valence-electron chi connectivity index (χ2n) is 6.16. The summed E-state index contributed by atoms with van der Waals surface area (Å²) in [7, 11) is -17.5. The van der Waals surface area contributed by atoms with Crippen LogP contribution in [0.1, 0.15) is 6.23 Å². The van der Waals surface area contributed by atoms with Gasteiger partial charge in [0.05, 0.1) is 12.9 Å². The summed E-state index contributed by atoms with van der Waals surface area (Å²) in [5, 5.41) is 20.4. The van der Waals surface area contributed by atoms with E-state index in [1.54, 1.807) is 0 Å². The molecule has 3 unspecified atom stereocenters. The van der Waals surface area contributed by atoms with E-state index >= 15 is 0 Å². The van der Waals surface area contributed by atoms with Crippen molar-refractivity contribution in [3.05, 3.63) is 16.7 Å². The summed E-state index contributed by atoms with van der Waals surface area (Å²) in [6, 6.07) is 0. The van der Waals surface area contributed by atoms with Crippen LogP contribution in [0.5, 0.6) is 0 Å². The van der Waals surface area contributed by atoms with Gasteiger partial charge >= 0.3 is 66.9 Å². The van der Waals surface area contributed by atoms with Crippen molar-refractivity contribution in [2.24, 2.45) is 0 Å². The summed E-state index contributed by atoms with van der Waals surface area (Å²) in [5.74, 6) is -0.287. The predicted octanol–water partition coefficient (Wildman–Crippen LogP) is -9.59. The maximum Gasteiger partial charge on any atom is 1.00 e. The number of aromatic amines is 1. The zero-order chi connectivity index (χ0) is 24.1. The molecule has 0 saturated carbocycles. The predicted molar refractivity (Wildman–Crippen MR) is 93.9 cm³/mol. The first-order chi connectivity index (χ1) is 14.6. The normalized spacial score (nSPS) is 27.7. The van der Waals surface area contributed by atoms with Crippen molar-refractivity contribution in [2.45, 2.75) is 24.5 Å². The first-order valence-corrected chi connectivity index (χ1v) is 12.5. The van der Waals surface area contributed by atoms with Crippen molar-refractivity contribution < 1.29 is 120 Å². The van der Waals surface area contributed by atoms with E-state index in [1.165, 1.54) is 0 Å². The molecule has 2 aromatic heterocycles. The molecule has 0 aliphatic carbocycles. The number of phosphoric acid groups is 3. The van der Waals surface area contributed by atoms with Crippen LogP contribution in [-0.2, 0) is 31.6 Å². The zero-order valence-electron chi connectivity index (χ0n) is 17.2. The molecule has 34 heavy (non-hydrogen) atoms. The third kappa shape index (κ3) is 7.97. The number of aliphatic hydroxyl groups excluding tert-OH is 2. The molecular formula is C10H14N5Na2O14P3. The molecule has 0 radical (unpaired) electrons. The van der Waals surface area contributed by atoms with Gasteiger partial charge in [0.25, 0.3) is 21.2 Å². The van der Waals surface area contributed by atoms with Crippen LogP contribution in [0, 0.1) is 0 Å². The van der Waals surface area contributed by atoms with Crippen molar-refractivity contribution in [3.8, 4) is 0 Å². The smallest absolute Gasteiger partial charge is 0.756 e. The van der Waals surface area contributed by atoms with Crippen LogP contribution in [0.3, 0.4) is 0 Å².